The van der Waals surface area contributed by atoms with Gasteiger partial charge in [0.15, 0.2) is 0 Å². The Hall–Kier alpha value is -0.840. The number of rotatable bonds is 10. The Bertz CT molecular complexity index is 390. The first-order valence-corrected chi connectivity index (χ1v) is 7.46. The molecule has 0 saturated heterocycles. The van der Waals surface area contributed by atoms with Gasteiger partial charge in [-0.15, -0.1) is 0 Å². The zero-order valence-corrected chi connectivity index (χ0v) is 12.6. The molecule has 0 heterocycles. The van der Waals surface area contributed by atoms with Crippen LogP contribution in [0.5, 0.6) is 0 Å². The average molecular weight is 304 g/mol. The minimum absolute atomic E-state index is 0.290. The molecule has 1 aromatic carbocycles. The van der Waals surface area contributed by atoms with Gasteiger partial charge in [-0.05, 0) is 24.6 Å². The normalized spacial score (nSPS) is 12.4. The predicted octanol–water partition coefficient (Wildman–Crippen LogP) is 3.85. The maximum atomic E-state index is 12.9. The summed E-state index contributed by atoms with van der Waals surface area (Å²) in [4.78, 5) is 0. The maximum absolute atomic E-state index is 12.9. The lowest BCUT2D eigenvalue weighted by atomic mass is 10.2. The van der Waals surface area contributed by atoms with E-state index in [4.69, 9.17) is 16.3 Å². The van der Waals surface area contributed by atoms with E-state index < -0.39 is 6.10 Å². The van der Waals surface area contributed by atoms with E-state index in [0.717, 1.165) is 12.8 Å². The summed E-state index contributed by atoms with van der Waals surface area (Å²) in [6, 6.07) is 4.11. The summed E-state index contributed by atoms with van der Waals surface area (Å²) in [6.45, 7) is 3.45. The fourth-order valence-electron chi connectivity index (χ4n) is 1.77. The molecule has 5 heteroatoms. The highest BCUT2D eigenvalue weighted by molar-refractivity contribution is 6.33. The van der Waals surface area contributed by atoms with Crippen molar-refractivity contribution in [3.05, 3.63) is 29.0 Å². The summed E-state index contributed by atoms with van der Waals surface area (Å²) in [5.74, 6) is -0.378. The molecule has 0 bridgehead atoms. The summed E-state index contributed by atoms with van der Waals surface area (Å²) in [5.41, 5.74) is 0.607. The molecular formula is C15H23ClFNO2. The number of aliphatic hydroxyl groups excluding tert-OH is 1. The van der Waals surface area contributed by atoms with Gasteiger partial charge < -0.3 is 15.2 Å². The van der Waals surface area contributed by atoms with E-state index in [0.29, 0.717) is 23.9 Å². The Kier molecular flexibility index (Phi) is 8.58. The molecule has 1 unspecified atom stereocenters. The largest absolute Gasteiger partial charge is 0.389 e. The van der Waals surface area contributed by atoms with Gasteiger partial charge in [-0.3, -0.25) is 0 Å². The fourth-order valence-corrected chi connectivity index (χ4v) is 2.00. The molecule has 1 aromatic rings. The molecule has 114 valence electrons. The van der Waals surface area contributed by atoms with Crippen molar-refractivity contribution >= 4 is 17.3 Å². The van der Waals surface area contributed by atoms with Gasteiger partial charge in [0.05, 0.1) is 23.4 Å². The van der Waals surface area contributed by atoms with Crippen LogP contribution in [0.4, 0.5) is 10.1 Å². The summed E-state index contributed by atoms with van der Waals surface area (Å²) < 4.78 is 18.3. The maximum Gasteiger partial charge on any atom is 0.124 e. The summed E-state index contributed by atoms with van der Waals surface area (Å²) >= 11 is 5.87. The smallest absolute Gasteiger partial charge is 0.124 e. The molecular weight excluding hydrogens is 281 g/mol. The van der Waals surface area contributed by atoms with Gasteiger partial charge in [0.1, 0.15) is 5.82 Å². The van der Waals surface area contributed by atoms with Crippen LogP contribution in [-0.4, -0.2) is 31.0 Å². The van der Waals surface area contributed by atoms with Crippen molar-refractivity contribution in [1.29, 1.82) is 0 Å². The van der Waals surface area contributed by atoms with E-state index in [1.807, 2.05) is 0 Å². The molecule has 1 atom stereocenters. The van der Waals surface area contributed by atoms with Gasteiger partial charge in [-0.2, -0.15) is 0 Å². The highest BCUT2D eigenvalue weighted by Crippen LogP contribution is 2.22. The number of ether oxygens (including phenoxy) is 1. The van der Waals surface area contributed by atoms with Crippen LogP contribution in [0.15, 0.2) is 18.2 Å². The molecule has 0 amide bonds. The number of benzene rings is 1. The molecule has 1 rings (SSSR count). The highest BCUT2D eigenvalue weighted by atomic mass is 35.5. The molecule has 3 nitrogen and oxygen atoms in total. The Balaban J connectivity index is 2.14. The van der Waals surface area contributed by atoms with Crippen LogP contribution >= 0.6 is 11.6 Å². The van der Waals surface area contributed by atoms with Crippen LogP contribution in [0.3, 0.4) is 0 Å². The molecule has 0 aromatic heterocycles. The lowest BCUT2D eigenvalue weighted by Gasteiger charge is -2.14. The summed E-state index contributed by atoms with van der Waals surface area (Å²) in [6.07, 6.45) is 4.00. The van der Waals surface area contributed by atoms with Crippen molar-refractivity contribution in [1.82, 2.24) is 0 Å². The third kappa shape index (κ3) is 7.08. The van der Waals surface area contributed by atoms with Crippen molar-refractivity contribution < 1.29 is 14.2 Å². The van der Waals surface area contributed by atoms with Crippen molar-refractivity contribution in [2.45, 2.75) is 38.7 Å². The highest BCUT2D eigenvalue weighted by Gasteiger charge is 2.06. The third-order valence-electron chi connectivity index (χ3n) is 2.91. The minimum Gasteiger partial charge on any atom is -0.389 e. The zero-order valence-electron chi connectivity index (χ0n) is 11.9. The first-order valence-electron chi connectivity index (χ1n) is 7.08. The predicted molar refractivity (Wildman–Crippen MR) is 80.9 cm³/mol. The second-order valence-corrected chi connectivity index (χ2v) is 5.20. The second-order valence-electron chi connectivity index (χ2n) is 4.79. The van der Waals surface area contributed by atoms with Gasteiger partial charge >= 0.3 is 0 Å². The zero-order chi connectivity index (χ0) is 14.8. The summed E-state index contributed by atoms with van der Waals surface area (Å²) in [7, 11) is 0. The SMILES string of the molecule is CCCCCCOCC(O)CNc1ccc(F)cc1Cl. The molecule has 0 aliphatic rings. The van der Waals surface area contributed by atoms with Crippen LogP contribution in [0.25, 0.3) is 0 Å². The number of aliphatic hydroxyl groups is 1. The van der Waals surface area contributed by atoms with E-state index in [-0.39, 0.29) is 12.4 Å². The van der Waals surface area contributed by atoms with Gasteiger partial charge in [0.25, 0.3) is 0 Å². The van der Waals surface area contributed by atoms with Gasteiger partial charge in [0, 0.05) is 13.2 Å². The molecule has 0 fully saturated rings. The number of anilines is 1. The minimum atomic E-state index is -0.609. The lowest BCUT2D eigenvalue weighted by molar-refractivity contribution is 0.0417. The van der Waals surface area contributed by atoms with Crippen LogP contribution in [0, 0.1) is 5.82 Å². The summed E-state index contributed by atoms with van der Waals surface area (Å²) in [5, 5.41) is 13.0. The molecule has 0 saturated carbocycles. The van der Waals surface area contributed by atoms with Crippen molar-refractivity contribution in [2.75, 3.05) is 25.1 Å². The van der Waals surface area contributed by atoms with Crippen LogP contribution in [-0.2, 0) is 4.74 Å². The van der Waals surface area contributed by atoms with Crippen molar-refractivity contribution in [3.63, 3.8) is 0 Å². The Morgan fingerprint density at radius 1 is 1.35 bits per heavy atom. The Morgan fingerprint density at radius 3 is 2.85 bits per heavy atom. The average Bonchev–Trinajstić information content (AvgIpc) is 2.41. The topological polar surface area (TPSA) is 41.5 Å². The van der Waals surface area contributed by atoms with Gasteiger partial charge in [0.2, 0.25) is 0 Å². The van der Waals surface area contributed by atoms with Crippen molar-refractivity contribution in [3.8, 4) is 0 Å². The molecule has 0 radical (unpaired) electrons. The molecule has 0 aliphatic carbocycles. The van der Waals surface area contributed by atoms with Crippen LogP contribution < -0.4 is 5.32 Å². The van der Waals surface area contributed by atoms with Gasteiger partial charge in [-0.1, -0.05) is 37.8 Å². The van der Waals surface area contributed by atoms with E-state index in [1.54, 1.807) is 6.07 Å². The lowest BCUT2D eigenvalue weighted by Crippen LogP contribution is -2.25. The first-order chi connectivity index (χ1) is 9.63. The quantitative estimate of drug-likeness (QED) is 0.645. The molecule has 0 spiro atoms. The first kappa shape index (κ1) is 17.2. The Labute approximate surface area is 125 Å². The number of hydrogen-bond donors (Lipinski definition) is 2. The van der Waals surface area contributed by atoms with E-state index >= 15 is 0 Å². The Morgan fingerprint density at radius 2 is 2.15 bits per heavy atom. The van der Waals surface area contributed by atoms with E-state index in [1.165, 1.54) is 25.0 Å². The fraction of sp³-hybridized carbons (Fsp3) is 0.600. The van der Waals surface area contributed by atoms with Crippen LogP contribution in [0.1, 0.15) is 32.6 Å². The second kappa shape index (κ2) is 9.97. The molecule has 20 heavy (non-hydrogen) atoms. The molecule has 0 aliphatic heterocycles. The number of unbranched alkanes of at least 4 members (excludes halogenated alkanes) is 3. The van der Waals surface area contributed by atoms with Crippen LogP contribution in [0.2, 0.25) is 5.02 Å². The van der Waals surface area contributed by atoms with Crippen molar-refractivity contribution in [2.24, 2.45) is 0 Å². The van der Waals surface area contributed by atoms with Gasteiger partial charge in [-0.25, -0.2) is 4.39 Å². The number of halogens is 2. The van der Waals surface area contributed by atoms with E-state index in [2.05, 4.69) is 12.2 Å². The third-order valence-corrected chi connectivity index (χ3v) is 3.22. The monoisotopic (exact) mass is 303 g/mol. The number of hydrogen-bond acceptors (Lipinski definition) is 3. The van der Waals surface area contributed by atoms with E-state index in [9.17, 15) is 9.50 Å². The molecule has 2 N–H and O–H groups in total. The number of nitrogens with one attached hydrogen (secondary N) is 1. The standard InChI is InChI=1S/C15H23ClFNO2/c1-2-3-4-5-8-20-11-13(19)10-18-15-7-6-12(17)9-14(15)16/h6-7,9,13,18-19H,2-5,8,10-11H2,1H3.